The third-order valence-electron chi connectivity index (χ3n) is 2.65. The number of rotatable bonds is 7. The van der Waals surface area contributed by atoms with Gasteiger partial charge in [-0.3, -0.25) is 4.99 Å². The molecule has 0 aliphatic carbocycles. The molecule has 9 heteroatoms. The number of guanidine groups is 1. The van der Waals surface area contributed by atoms with Crippen molar-refractivity contribution in [2.75, 3.05) is 26.2 Å². The smallest absolute Gasteiger partial charge is 0.241 e. The Hall–Kier alpha value is -0.390. The highest BCUT2D eigenvalue weighted by Crippen LogP contribution is 2.24. The number of hydrogen-bond acceptors (Lipinski definition) is 4. The summed E-state index contributed by atoms with van der Waals surface area (Å²) in [6.45, 7) is 9.89. The largest absolute Gasteiger partial charge is 0.357 e. The van der Waals surface area contributed by atoms with Crippen LogP contribution in [0.3, 0.4) is 0 Å². The first-order chi connectivity index (χ1) is 9.90. The molecule has 0 saturated heterocycles. The van der Waals surface area contributed by atoms with E-state index in [2.05, 4.69) is 20.3 Å². The van der Waals surface area contributed by atoms with Crippen molar-refractivity contribution in [3.8, 4) is 0 Å². The molecule has 1 aromatic rings. The molecule has 0 bridgehead atoms. The van der Waals surface area contributed by atoms with Crippen LogP contribution in [0.2, 0.25) is 0 Å². The molecular formula is C13H25IN4O2S2. The summed E-state index contributed by atoms with van der Waals surface area (Å²) >= 11 is 1.49. The fourth-order valence-corrected chi connectivity index (χ4v) is 4.38. The van der Waals surface area contributed by atoms with Gasteiger partial charge in [-0.25, -0.2) is 13.1 Å². The molecule has 0 radical (unpaired) electrons. The first-order valence-electron chi connectivity index (χ1n) is 6.99. The average molecular weight is 460 g/mol. The number of aliphatic imine (C=N–C) groups is 1. The molecule has 1 rings (SSSR count). The fourth-order valence-electron chi connectivity index (χ4n) is 1.81. The second kappa shape index (κ2) is 10.4. The second-order valence-corrected chi connectivity index (χ2v) is 7.66. The molecule has 0 aliphatic heterocycles. The van der Waals surface area contributed by atoms with Gasteiger partial charge in [-0.1, -0.05) is 0 Å². The SMILES string of the molecule is CCNC(=NCCNS(=O)(=O)c1cc(C)sc1C)NCC.I. The molecule has 22 heavy (non-hydrogen) atoms. The summed E-state index contributed by atoms with van der Waals surface area (Å²) in [5, 5.41) is 6.18. The molecule has 0 saturated carbocycles. The Balaban J connectivity index is 0.00000441. The van der Waals surface area contributed by atoms with Gasteiger partial charge in [0, 0.05) is 29.4 Å². The van der Waals surface area contributed by atoms with Crippen LogP contribution in [0.5, 0.6) is 0 Å². The van der Waals surface area contributed by atoms with Crippen LogP contribution in [0, 0.1) is 13.8 Å². The van der Waals surface area contributed by atoms with Gasteiger partial charge in [0.2, 0.25) is 10.0 Å². The van der Waals surface area contributed by atoms with Crippen LogP contribution in [0.1, 0.15) is 23.6 Å². The second-order valence-electron chi connectivity index (χ2n) is 4.47. The van der Waals surface area contributed by atoms with Crippen LogP contribution >= 0.6 is 35.3 Å². The van der Waals surface area contributed by atoms with Gasteiger partial charge in [-0.2, -0.15) is 0 Å². The molecule has 0 atom stereocenters. The summed E-state index contributed by atoms with van der Waals surface area (Å²) < 4.78 is 26.9. The zero-order chi connectivity index (χ0) is 15.9. The van der Waals surface area contributed by atoms with Gasteiger partial charge in [-0.15, -0.1) is 35.3 Å². The molecule has 0 aromatic carbocycles. The van der Waals surface area contributed by atoms with Crippen LogP contribution in [-0.4, -0.2) is 40.6 Å². The topological polar surface area (TPSA) is 82.6 Å². The highest BCUT2D eigenvalue weighted by Gasteiger charge is 2.18. The van der Waals surface area contributed by atoms with Crippen LogP contribution in [0.25, 0.3) is 0 Å². The first-order valence-corrected chi connectivity index (χ1v) is 9.29. The molecule has 6 nitrogen and oxygen atoms in total. The normalized spacial score (nSPS) is 10.7. The Labute approximate surface area is 154 Å². The summed E-state index contributed by atoms with van der Waals surface area (Å²) in [5.74, 6) is 0.696. The van der Waals surface area contributed by atoms with Crippen molar-refractivity contribution in [3.63, 3.8) is 0 Å². The number of hydrogen-bond donors (Lipinski definition) is 3. The van der Waals surface area contributed by atoms with Gasteiger partial charge in [0.25, 0.3) is 0 Å². The Morgan fingerprint density at radius 2 is 1.82 bits per heavy atom. The maximum Gasteiger partial charge on any atom is 0.241 e. The summed E-state index contributed by atoms with van der Waals surface area (Å²) in [4.78, 5) is 6.47. The van der Waals surface area contributed by atoms with E-state index in [4.69, 9.17) is 0 Å². The molecular weight excluding hydrogens is 435 g/mol. The van der Waals surface area contributed by atoms with E-state index in [9.17, 15) is 8.42 Å². The highest BCUT2D eigenvalue weighted by molar-refractivity contribution is 14.0. The van der Waals surface area contributed by atoms with E-state index in [-0.39, 0.29) is 30.5 Å². The highest BCUT2D eigenvalue weighted by atomic mass is 127. The number of sulfonamides is 1. The Morgan fingerprint density at radius 3 is 2.27 bits per heavy atom. The molecule has 0 unspecified atom stereocenters. The Morgan fingerprint density at radius 1 is 1.23 bits per heavy atom. The van der Waals surface area contributed by atoms with Crippen LogP contribution in [0.4, 0.5) is 0 Å². The maximum absolute atomic E-state index is 12.2. The first kappa shape index (κ1) is 21.6. The minimum atomic E-state index is -3.44. The van der Waals surface area contributed by atoms with Gasteiger partial charge in [0.1, 0.15) is 0 Å². The molecule has 1 aromatic heterocycles. The number of nitrogens with zero attached hydrogens (tertiary/aromatic N) is 1. The van der Waals surface area contributed by atoms with E-state index < -0.39 is 10.0 Å². The zero-order valence-electron chi connectivity index (χ0n) is 13.4. The zero-order valence-corrected chi connectivity index (χ0v) is 17.4. The van der Waals surface area contributed by atoms with E-state index in [0.717, 1.165) is 22.8 Å². The predicted octanol–water partition coefficient (Wildman–Crippen LogP) is 1.84. The fraction of sp³-hybridized carbons (Fsp3) is 0.615. The van der Waals surface area contributed by atoms with Gasteiger partial charge in [-0.05, 0) is 33.8 Å². The summed E-state index contributed by atoms with van der Waals surface area (Å²) in [6, 6.07) is 1.70. The number of halogens is 1. The van der Waals surface area contributed by atoms with Crippen molar-refractivity contribution >= 4 is 51.3 Å². The minimum Gasteiger partial charge on any atom is -0.357 e. The van der Waals surface area contributed by atoms with Gasteiger partial charge in [0.05, 0.1) is 11.4 Å². The summed E-state index contributed by atoms with van der Waals surface area (Å²) in [6.07, 6.45) is 0. The van der Waals surface area contributed by atoms with E-state index in [0.29, 0.717) is 17.4 Å². The standard InChI is InChI=1S/C13H24N4O2S2.HI/c1-5-14-13(15-6-2)16-7-8-17-21(18,19)12-9-10(3)20-11(12)4;/h9,17H,5-8H2,1-4H3,(H2,14,15,16);1H. The van der Waals surface area contributed by atoms with E-state index in [1.807, 2.05) is 27.7 Å². The third-order valence-corrected chi connectivity index (χ3v) is 5.33. The Kier molecular flexibility index (Phi) is 10.2. The lowest BCUT2D eigenvalue weighted by Crippen LogP contribution is -2.37. The van der Waals surface area contributed by atoms with Crippen LogP contribution in [-0.2, 0) is 10.0 Å². The van der Waals surface area contributed by atoms with E-state index >= 15 is 0 Å². The van der Waals surface area contributed by atoms with Crippen LogP contribution in [0.15, 0.2) is 16.0 Å². The van der Waals surface area contributed by atoms with Crippen molar-refractivity contribution < 1.29 is 8.42 Å². The van der Waals surface area contributed by atoms with Gasteiger partial charge in [0.15, 0.2) is 5.96 Å². The van der Waals surface area contributed by atoms with Crippen molar-refractivity contribution in [3.05, 3.63) is 15.8 Å². The van der Waals surface area contributed by atoms with Gasteiger partial charge >= 0.3 is 0 Å². The van der Waals surface area contributed by atoms with Crippen LogP contribution < -0.4 is 15.4 Å². The lowest BCUT2D eigenvalue weighted by Gasteiger charge is -2.09. The van der Waals surface area contributed by atoms with Gasteiger partial charge < -0.3 is 10.6 Å². The summed E-state index contributed by atoms with van der Waals surface area (Å²) in [7, 11) is -3.44. The van der Waals surface area contributed by atoms with Crippen molar-refractivity contribution in [2.24, 2.45) is 4.99 Å². The van der Waals surface area contributed by atoms with Crippen molar-refractivity contribution in [1.82, 2.24) is 15.4 Å². The summed E-state index contributed by atoms with van der Waals surface area (Å²) in [5.41, 5.74) is 0. The monoisotopic (exact) mass is 460 g/mol. The van der Waals surface area contributed by atoms with Crippen molar-refractivity contribution in [1.29, 1.82) is 0 Å². The molecule has 0 aliphatic rings. The van der Waals surface area contributed by atoms with E-state index in [1.165, 1.54) is 11.3 Å². The molecule has 1 heterocycles. The molecule has 0 amide bonds. The number of nitrogens with one attached hydrogen (secondary N) is 3. The van der Waals surface area contributed by atoms with E-state index in [1.54, 1.807) is 6.07 Å². The lowest BCUT2D eigenvalue weighted by atomic mass is 10.4. The third kappa shape index (κ3) is 6.80. The molecule has 0 spiro atoms. The molecule has 0 fully saturated rings. The number of aryl methyl sites for hydroxylation is 2. The predicted molar refractivity (Wildman–Crippen MR) is 104 cm³/mol. The minimum absolute atomic E-state index is 0. The average Bonchev–Trinajstić information content (AvgIpc) is 2.75. The van der Waals surface area contributed by atoms with Crippen molar-refractivity contribution in [2.45, 2.75) is 32.6 Å². The Bertz CT molecular complexity index is 577. The quantitative estimate of drug-likeness (QED) is 0.251. The molecule has 128 valence electrons. The number of thiophene rings is 1. The lowest BCUT2D eigenvalue weighted by molar-refractivity contribution is 0.582. The molecule has 3 N–H and O–H groups in total. The maximum atomic E-state index is 12.2.